The number of aliphatic carboxylic acids is 1. The molecule has 108 valence electrons. The van der Waals surface area contributed by atoms with E-state index in [0.29, 0.717) is 23.3 Å². The maximum absolute atomic E-state index is 10.6. The van der Waals surface area contributed by atoms with E-state index in [0.717, 1.165) is 16.6 Å². The first-order valence-electron chi connectivity index (χ1n) is 6.13. The van der Waals surface area contributed by atoms with Crippen molar-refractivity contribution < 1.29 is 14.4 Å². The molecule has 0 aliphatic carbocycles. The van der Waals surface area contributed by atoms with Crippen LogP contribution in [0.5, 0.6) is 0 Å². The van der Waals surface area contributed by atoms with Crippen LogP contribution < -0.4 is 0 Å². The summed E-state index contributed by atoms with van der Waals surface area (Å²) in [6.07, 6.45) is 0.754. The highest BCUT2D eigenvalue weighted by molar-refractivity contribution is 8.00. The lowest BCUT2D eigenvalue weighted by Gasteiger charge is -1.96. The normalized spacial score (nSPS) is 11.2. The molecule has 20 heavy (non-hydrogen) atoms. The number of hydrogen-bond acceptors (Lipinski definition) is 7. The highest BCUT2D eigenvalue weighted by Gasteiger charge is 2.11. The van der Waals surface area contributed by atoms with Gasteiger partial charge in [0.1, 0.15) is 0 Å². The molecule has 2 rings (SSSR count). The van der Waals surface area contributed by atoms with Gasteiger partial charge >= 0.3 is 5.97 Å². The summed E-state index contributed by atoms with van der Waals surface area (Å²) in [5, 5.41) is 14.4. The highest BCUT2D eigenvalue weighted by atomic mass is 32.2. The van der Waals surface area contributed by atoms with Crippen LogP contribution in [0.25, 0.3) is 0 Å². The zero-order valence-corrected chi connectivity index (χ0v) is 12.8. The summed E-state index contributed by atoms with van der Waals surface area (Å²) in [5.74, 6) is 1.46. The molecule has 8 heteroatoms. The van der Waals surface area contributed by atoms with Crippen LogP contribution in [-0.4, -0.2) is 26.2 Å². The number of nitrogens with zero attached hydrogens (tertiary/aromatic N) is 3. The Morgan fingerprint density at radius 1 is 1.50 bits per heavy atom. The summed E-state index contributed by atoms with van der Waals surface area (Å²) in [4.78, 5) is 19.1. The van der Waals surface area contributed by atoms with Crippen LogP contribution in [0.3, 0.4) is 0 Å². The molecule has 2 aromatic rings. The SMILES string of the molecule is CC(C)Cc1noc(CSc2nc(CC(=O)O)cs2)n1. The van der Waals surface area contributed by atoms with E-state index in [-0.39, 0.29) is 6.42 Å². The molecule has 2 aromatic heterocycles. The van der Waals surface area contributed by atoms with Gasteiger partial charge < -0.3 is 9.63 Å². The predicted octanol–water partition coefficient (Wildman–Crippen LogP) is 2.64. The average molecular weight is 313 g/mol. The van der Waals surface area contributed by atoms with Gasteiger partial charge in [-0.15, -0.1) is 11.3 Å². The van der Waals surface area contributed by atoms with Crippen molar-refractivity contribution in [2.45, 2.75) is 36.8 Å². The van der Waals surface area contributed by atoms with Crippen molar-refractivity contribution in [1.29, 1.82) is 0 Å². The Morgan fingerprint density at radius 3 is 3.00 bits per heavy atom. The number of aromatic nitrogens is 3. The second-order valence-electron chi connectivity index (χ2n) is 4.67. The van der Waals surface area contributed by atoms with Crippen LogP contribution in [-0.2, 0) is 23.4 Å². The van der Waals surface area contributed by atoms with E-state index in [1.807, 2.05) is 0 Å². The minimum Gasteiger partial charge on any atom is -0.481 e. The van der Waals surface area contributed by atoms with Gasteiger partial charge in [0.25, 0.3) is 0 Å². The summed E-state index contributed by atoms with van der Waals surface area (Å²) in [7, 11) is 0. The fraction of sp³-hybridized carbons (Fsp3) is 0.500. The van der Waals surface area contributed by atoms with Crippen LogP contribution in [0.15, 0.2) is 14.2 Å². The van der Waals surface area contributed by atoms with Gasteiger partial charge in [-0.2, -0.15) is 4.98 Å². The van der Waals surface area contributed by atoms with Crippen molar-refractivity contribution in [3.8, 4) is 0 Å². The lowest BCUT2D eigenvalue weighted by Crippen LogP contribution is -1.99. The first-order valence-corrected chi connectivity index (χ1v) is 8.00. The maximum atomic E-state index is 10.6. The molecule has 0 radical (unpaired) electrons. The summed E-state index contributed by atoms with van der Waals surface area (Å²) in [6.45, 7) is 4.20. The van der Waals surface area contributed by atoms with Gasteiger partial charge in [0.15, 0.2) is 10.2 Å². The number of thiazole rings is 1. The summed E-state index contributed by atoms with van der Waals surface area (Å²) >= 11 is 2.90. The molecule has 0 amide bonds. The third-order valence-corrected chi connectivity index (χ3v) is 4.34. The largest absolute Gasteiger partial charge is 0.481 e. The Morgan fingerprint density at radius 2 is 2.30 bits per heavy atom. The lowest BCUT2D eigenvalue weighted by atomic mass is 10.1. The fourth-order valence-corrected chi connectivity index (χ4v) is 3.19. The van der Waals surface area contributed by atoms with E-state index in [9.17, 15) is 4.79 Å². The van der Waals surface area contributed by atoms with Crippen molar-refractivity contribution in [1.82, 2.24) is 15.1 Å². The molecule has 0 atom stereocenters. The van der Waals surface area contributed by atoms with E-state index in [1.54, 1.807) is 5.38 Å². The van der Waals surface area contributed by atoms with Crippen LogP contribution >= 0.6 is 23.1 Å². The number of carboxylic acids is 1. The Labute approximate surface area is 124 Å². The molecule has 6 nitrogen and oxygen atoms in total. The van der Waals surface area contributed by atoms with E-state index < -0.39 is 5.97 Å². The molecule has 0 bridgehead atoms. The Kier molecular flexibility index (Phi) is 5.13. The topological polar surface area (TPSA) is 89.1 Å². The van der Waals surface area contributed by atoms with Crippen molar-refractivity contribution in [3.05, 3.63) is 22.8 Å². The van der Waals surface area contributed by atoms with Gasteiger partial charge in [0, 0.05) is 11.8 Å². The number of hydrogen-bond donors (Lipinski definition) is 1. The summed E-state index contributed by atoms with van der Waals surface area (Å²) < 4.78 is 5.97. The molecule has 0 fully saturated rings. The fourth-order valence-electron chi connectivity index (χ4n) is 1.51. The zero-order chi connectivity index (χ0) is 14.5. The molecule has 0 aliphatic heterocycles. The Bertz CT molecular complexity index is 580. The second-order valence-corrected chi connectivity index (χ2v) is 6.75. The molecule has 0 spiro atoms. The molecular weight excluding hydrogens is 298 g/mol. The van der Waals surface area contributed by atoms with Crippen LogP contribution in [0.1, 0.15) is 31.3 Å². The summed E-state index contributed by atoms with van der Waals surface area (Å²) in [6, 6.07) is 0. The standard InChI is InChI=1S/C12H15N3O3S2/c1-7(2)3-9-14-10(18-15-9)6-20-12-13-8(5-19-12)4-11(16)17/h5,7H,3-4,6H2,1-2H3,(H,16,17). The molecular formula is C12H15N3O3S2. The Hall–Kier alpha value is -1.41. The van der Waals surface area contributed by atoms with Crippen molar-refractivity contribution >= 4 is 29.1 Å². The number of rotatable bonds is 7. The molecule has 2 heterocycles. The lowest BCUT2D eigenvalue weighted by molar-refractivity contribution is -0.136. The third-order valence-electron chi connectivity index (χ3n) is 2.28. The van der Waals surface area contributed by atoms with Gasteiger partial charge in [-0.05, 0) is 5.92 Å². The predicted molar refractivity (Wildman–Crippen MR) is 75.9 cm³/mol. The minimum absolute atomic E-state index is 0.0455. The zero-order valence-electron chi connectivity index (χ0n) is 11.2. The molecule has 0 saturated carbocycles. The van der Waals surface area contributed by atoms with Crippen LogP contribution in [0.2, 0.25) is 0 Å². The van der Waals surface area contributed by atoms with Gasteiger partial charge in [-0.3, -0.25) is 4.79 Å². The van der Waals surface area contributed by atoms with Gasteiger partial charge in [0.05, 0.1) is 17.9 Å². The molecule has 0 aromatic carbocycles. The first-order chi connectivity index (χ1) is 9.52. The minimum atomic E-state index is -0.873. The van der Waals surface area contributed by atoms with Crippen molar-refractivity contribution in [3.63, 3.8) is 0 Å². The summed E-state index contributed by atoms with van der Waals surface area (Å²) in [5.41, 5.74) is 0.580. The van der Waals surface area contributed by atoms with E-state index in [4.69, 9.17) is 9.63 Å². The highest BCUT2D eigenvalue weighted by Crippen LogP contribution is 2.26. The maximum Gasteiger partial charge on any atom is 0.309 e. The van der Waals surface area contributed by atoms with E-state index in [2.05, 4.69) is 29.0 Å². The van der Waals surface area contributed by atoms with Crippen molar-refractivity contribution in [2.24, 2.45) is 5.92 Å². The van der Waals surface area contributed by atoms with Gasteiger partial charge in [-0.1, -0.05) is 30.8 Å². The number of carboxylic acid groups (broad SMARTS) is 1. The molecule has 1 N–H and O–H groups in total. The Balaban J connectivity index is 1.87. The monoisotopic (exact) mass is 313 g/mol. The first kappa shape index (κ1) is 15.0. The van der Waals surface area contributed by atoms with E-state index in [1.165, 1.54) is 23.1 Å². The van der Waals surface area contributed by atoms with Crippen molar-refractivity contribution in [2.75, 3.05) is 0 Å². The molecule has 0 unspecified atom stereocenters. The quantitative estimate of drug-likeness (QED) is 0.786. The van der Waals surface area contributed by atoms with E-state index >= 15 is 0 Å². The average Bonchev–Trinajstić information content (AvgIpc) is 2.94. The molecule has 0 saturated heterocycles. The number of thioether (sulfide) groups is 1. The van der Waals surface area contributed by atoms with Gasteiger partial charge in [0.2, 0.25) is 5.89 Å². The number of carbonyl (C=O) groups is 1. The molecule has 0 aliphatic rings. The second kappa shape index (κ2) is 6.85. The van der Waals surface area contributed by atoms with Gasteiger partial charge in [-0.25, -0.2) is 4.98 Å². The third kappa shape index (κ3) is 4.61. The van der Waals surface area contributed by atoms with Crippen LogP contribution in [0.4, 0.5) is 0 Å². The van der Waals surface area contributed by atoms with Crippen LogP contribution in [0, 0.1) is 5.92 Å². The smallest absolute Gasteiger partial charge is 0.309 e.